The highest BCUT2D eigenvalue weighted by atomic mass is 79.9. The molecule has 2 aromatic carbocycles. The third-order valence-corrected chi connectivity index (χ3v) is 4.75. The van der Waals surface area contributed by atoms with Crippen LogP contribution in [0.25, 0.3) is 0 Å². The van der Waals surface area contributed by atoms with Crippen LogP contribution >= 0.6 is 15.9 Å². The molecule has 0 saturated carbocycles. The van der Waals surface area contributed by atoms with Crippen molar-refractivity contribution in [3.8, 4) is 0 Å². The first-order chi connectivity index (χ1) is 10.1. The van der Waals surface area contributed by atoms with Crippen molar-refractivity contribution >= 4 is 21.6 Å². The van der Waals surface area contributed by atoms with E-state index in [2.05, 4.69) is 88.5 Å². The van der Waals surface area contributed by atoms with Crippen molar-refractivity contribution in [3.63, 3.8) is 0 Å². The van der Waals surface area contributed by atoms with Gasteiger partial charge in [-0.1, -0.05) is 52.3 Å². The molecule has 1 N–H and O–H groups in total. The molecule has 0 aliphatic carbocycles. The number of nitrogens with zero attached hydrogens (tertiary/aromatic N) is 1. The first-order valence-electron chi connectivity index (χ1n) is 7.46. The fourth-order valence-corrected chi connectivity index (χ4v) is 3.35. The molecule has 1 saturated heterocycles. The van der Waals surface area contributed by atoms with Crippen molar-refractivity contribution in [1.29, 1.82) is 0 Å². The average molecular weight is 345 g/mol. The fraction of sp³-hybridized carbons (Fsp3) is 0.333. The molecule has 2 nitrogen and oxygen atoms in total. The number of nitrogens with one attached hydrogen (secondary N) is 1. The van der Waals surface area contributed by atoms with Crippen LogP contribution in [0.3, 0.4) is 0 Å². The summed E-state index contributed by atoms with van der Waals surface area (Å²) >= 11 is 3.60. The van der Waals surface area contributed by atoms with Crippen molar-refractivity contribution in [3.05, 3.63) is 64.1 Å². The number of hydrogen-bond donors (Lipinski definition) is 1. The second kappa shape index (κ2) is 6.20. The number of anilines is 1. The van der Waals surface area contributed by atoms with E-state index in [9.17, 15) is 0 Å². The maximum Gasteiger partial charge on any atom is 0.0499 e. The SMILES string of the molecule is Cc1ccc(Br)cc1N1CC(c2ccccc2)NCC1C. The van der Waals surface area contributed by atoms with Gasteiger partial charge in [-0.05, 0) is 37.1 Å². The molecule has 110 valence electrons. The van der Waals surface area contributed by atoms with E-state index in [0.29, 0.717) is 12.1 Å². The summed E-state index contributed by atoms with van der Waals surface area (Å²) in [5.41, 5.74) is 4.03. The van der Waals surface area contributed by atoms with Crippen LogP contribution in [0, 0.1) is 6.92 Å². The molecular weight excluding hydrogens is 324 g/mol. The van der Waals surface area contributed by atoms with Crippen molar-refractivity contribution in [1.82, 2.24) is 5.32 Å². The minimum atomic E-state index is 0.390. The van der Waals surface area contributed by atoms with Crippen LogP contribution in [0.15, 0.2) is 53.0 Å². The molecule has 0 amide bonds. The minimum Gasteiger partial charge on any atom is -0.365 e. The Balaban J connectivity index is 1.89. The van der Waals surface area contributed by atoms with Crippen LogP contribution in [0.4, 0.5) is 5.69 Å². The number of benzene rings is 2. The summed E-state index contributed by atoms with van der Waals surface area (Å²) in [7, 11) is 0. The number of hydrogen-bond acceptors (Lipinski definition) is 2. The van der Waals surface area contributed by atoms with Gasteiger partial charge in [0.15, 0.2) is 0 Å². The lowest BCUT2D eigenvalue weighted by molar-refractivity contribution is 0.414. The average Bonchev–Trinajstić information content (AvgIpc) is 2.51. The van der Waals surface area contributed by atoms with Crippen molar-refractivity contribution in [2.24, 2.45) is 0 Å². The van der Waals surface area contributed by atoms with Gasteiger partial charge in [0.2, 0.25) is 0 Å². The van der Waals surface area contributed by atoms with Crippen LogP contribution in [0.1, 0.15) is 24.1 Å². The lowest BCUT2D eigenvalue weighted by atomic mass is 10.0. The molecule has 1 fully saturated rings. The maximum absolute atomic E-state index is 3.67. The Morgan fingerprint density at radius 2 is 1.90 bits per heavy atom. The lowest BCUT2D eigenvalue weighted by Crippen LogP contribution is -2.51. The molecule has 1 aliphatic heterocycles. The van der Waals surface area contributed by atoms with Gasteiger partial charge in [-0.15, -0.1) is 0 Å². The Bertz CT molecular complexity index is 612. The summed E-state index contributed by atoms with van der Waals surface area (Å²) in [6, 6.07) is 18.1. The van der Waals surface area contributed by atoms with Gasteiger partial charge in [0.25, 0.3) is 0 Å². The van der Waals surface area contributed by atoms with Gasteiger partial charge in [0.05, 0.1) is 0 Å². The molecule has 2 aromatic rings. The van der Waals surface area contributed by atoms with Crippen molar-refractivity contribution in [2.45, 2.75) is 25.9 Å². The third-order valence-electron chi connectivity index (χ3n) is 4.25. The zero-order chi connectivity index (χ0) is 14.8. The summed E-state index contributed by atoms with van der Waals surface area (Å²) in [6.07, 6.45) is 0. The van der Waals surface area contributed by atoms with E-state index in [4.69, 9.17) is 0 Å². The molecule has 0 radical (unpaired) electrons. The Morgan fingerprint density at radius 3 is 2.67 bits per heavy atom. The normalized spacial score (nSPS) is 22.3. The smallest absolute Gasteiger partial charge is 0.0499 e. The fourth-order valence-electron chi connectivity index (χ4n) is 3.00. The molecule has 0 spiro atoms. The molecule has 3 heteroatoms. The van der Waals surface area contributed by atoms with Crippen LogP contribution in [0.5, 0.6) is 0 Å². The molecule has 21 heavy (non-hydrogen) atoms. The molecular formula is C18H21BrN2. The van der Waals surface area contributed by atoms with Crippen LogP contribution in [-0.4, -0.2) is 19.1 Å². The Hall–Kier alpha value is -1.32. The van der Waals surface area contributed by atoms with Crippen LogP contribution in [0.2, 0.25) is 0 Å². The quantitative estimate of drug-likeness (QED) is 0.873. The van der Waals surface area contributed by atoms with E-state index >= 15 is 0 Å². The summed E-state index contributed by atoms with van der Waals surface area (Å²) in [5, 5.41) is 3.67. The molecule has 1 aliphatic rings. The van der Waals surface area contributed by atoms with E-state index < -0.39 is 0 Å². The predicted molar refractivity (Wildman–Crippen MR) is 92.9 cm³/mol. The molecule has 2 atom stereocenters. The maximum atomic E-state index is 3.67. The van der Waals surface area contributed by atoms with Gasteiger partial charge in [-0.25, -0.2) is 0 Å². The second-order valence-corrected chi connectivity index (χ2v) is 6.72. The predicted octanol–water partition coefficient (Wildman–Crippen LogP) is 4.30. The zero-order valence-electron chi connectivity index (χ0n) is 12.5. The monoisotopic (exact) mass is 344 g/mol. The van der Waals surface area contributed by atoms with Gasteiger partial charge in [-0.2, -0.15) is 0 Å². The van der Waals surface area contributed by atoms with Gasteiger partial charge in [0, 0.05) is 35.3 Å². The van der Waals surface area contributed by atoms with E-state index in [1.54, 1.807) is 0 Å². The summed E-state index contributed by atoms with van der Waals surface area (Å²) in [6.45, 7) is 6.48. The van der Waals surface area contributed by atoms with Gasteiger partial charge in [-0.3, -0.25) is 0 Å². The van der Waals surface area contributed by atoms with E-state index in [-0.39, 0.29) is 0 Å². The van der Waals surface area contributed by atoms with E-state index in [0.717, 1.165) is 17.6 Å². The summed E-state index contributed by atoms with van der Waals surface area (Å²) in [4.78, 5) is 2.52. The van der Waals surface area contributed by atoms with Gasteiger partial charge >= 0.3 is 0 Å². The van der Waals surface area contributed by atoms with E-state index in [1.165, 1.54) is 16.8 Å². The topological polar surface area (TPSA) is 15.3 Å². The third kappa shape index (κ3) is 3.14. The minimum absolute atomic E-state index is 0.390. The summed E-state index contributed by atoms with van der Waals surface area (Å²) in [5.74, 6) is 0. The molecule has 3 rings (SSSR count). The molecule has 0 bridgehead atoms. The highest BCUT2D eigenvalue weighted by Gasteiger charge is 2.26. The lowest BCUT2D eigenvalue weighted by Gasteiger charge is -2.41. The van der Waals surface area contributed by atoms with Crippen molar-refractivity contribution < 1.29 is 0 Å². The summed E-state index contributed by atoms with van der Waals surface area (Å²) < 4.78 is 1.14. The molecule has 0 aromatic heterocycles. The zero-order valence-corrected chi connectivity index (χ0v) is 14.1. The molecule has 1 heterocycles. The number of piperazine rings is 1. The molecule has 2 unspecified atom stereocenters. The Kier molecular flexibility index (Phi) is 4.32. The standard InChI is InChI=1S/C18H21BrN2/c1-13-8-9-16(19)10-18(13)21-12-17(20-11-14(21)2)15-6-4-3-5-7-15/h3-10,14,17,20H,11-12H2,1-2H3. The highest BCUT2D eigenvalue weighted by Crippen LogP contribution is 2.30. The largest absolute Gasteiger partial charge is 0.365 e. The number of halogens is 1. The van der Waals surface area contributed by atoms with Crippen molar-refractivity contribution in [2.75, 3.05) is 18.0 Å². The van der Waals surface area contributed by atoms with E-state index in [1.807, 2.05) is 0 Å². The highest BCUT2D eigenvalue weighted by molar-refractivity contribution is 9.10. The Morgan fingerprint density at radius 1 is 1.14 bits per heavy atom. The second-order valence-electron chi connectivity index (χ2n) is 5.80. The first kappa shape index (κ1) is 14.6. The van der Waals surface area contributed by atoms with Gasteiger partial charge < -0.3 is 10.2 Å². The van der Waals surface area contributed by atoms with Gasteiger partial charge in [0.1, 0.15) is 0 Å². The van der Waals surface area contributed by atoms with Crippen LogP contribution < -0.4 is 10.2 Å². The first-order valence-corrected chi connectivity index (χ1v) is 8.25. The Labute approximate surface area is 135 Å². The number of aryl methyl sites for hydroxylation is 1. The number of rotatable bonds is 2. The van der Waals surface area contributed by atoms with Crippen LogP contribution in [-0.2, 0) is 0 Å².